The van der Waals surface area contributed by atoms with Gasteiger partial charge in [-0.25, -0.2) is 0 Å². The molecular formula is C16H27NO3. The fourth-order valence-corrected chi connectivity index (χ4v) is 1.75. The Hall–Kier alpha value is -1.10. The van der Waals surface area contributed by atoms with Crippen LogP contribution in [-0.2, 0) is 16.1 Å². The predicted octanol–water partition coefficient (Wildman–Crippen LogP) is 2.61. The summed E-state index contributed by atoms with van der Waals surface area (Å²) in [5, 5.41) is 3.44. The second kappa shape index (κ2) is 8.25. The molecule has 0 radical (unpaired) electrons. The van der Waals surface area contributed by atoms with Gasteiger partial charge in [0.1, 0.15) is 5.75 Å². The van der Waals surface area contributed by atoms with E-state index >= 15 is 0 Å². The first-order valence-corrected chi connectivity index (χ1v) is 6.93. The molecule has 1 aromatic carbocycles. The Morgan fingerprint density at radius 3 is 2.55 bits per heavy atom. The molecule has 1 aromatic rings. The van der Waals surface area contributed by atoms with E-state index < -0.39 is 0 Å². The van der Waals surface area contributed by atoms with Gasteiger partial charge >= 0.3 is 0 Å². The molecule has 0 bridgehead atoms. The average molecular weight is 281 g/mol. The van der Waals surface area contributed by atoms with Crippen molar-refractivity contribution in [2.24, 2.45) is 0 Å². The molecule has 4 heteroatoms. The van der Waals surface area contributed by atoms with Crippen molar-refractivity contribution >= 4 is 0 Å². The van der Waals surface area contributed by atoms with Crippen LogP contribution in [0.15, 0.2) is 24.3 Å². The van der Waals surface area contributed by atoms with E-state index in [0.29, 0.717) is 13.2 Å². The van der Waals surface area contributed by atoms with Gasteiger partial charge in [0.2, 0.25) is 0 Å². The SMILES string of the molecule is COCC(CNC(C)(C)C)OCc1cccc(OC)c1. The quantitative estimate of drug-likeness (QED) is 0.795. The van der Waals surface area contributed by atoms with Crippen molar-refractivity contribution in [3.05, 3.63) is 29.8 Å². The van der Waals surface area contributed by atoms with Crippen LogP contribution in [0.25, 0.3) is 0 Å². The highest BCUT2D eigenvalue weighted by molar-refractivity contribution is 5.27. The summed E-state index contributed by atoms with van der Waals surface area (Å²) in [6.07, 6.45) is 0.0328. The summed E-state index contributed by atoms with van der Waals surface area (Å²) in [5.41, 5.74) is 1.17. The normalized spacial score (nSPS) is 13.2. The summed E-state index contributed by atoms with van der Waals surface area (Å²) in [6, 6.07) is 7.91. The Morgan fingerprint density at radius 1 is 1.20 bits per heavy atom. The fraction of sp³-hybridized carbons (Fsp3) is 0.625. The second-order valence-electron chi connectivity index (χ2n) is 5.87. The van der Waals surface area contributed by atoms with Crippen molar-refractivity contribution in [2.75, 3.05) is 27.4 Å². The molecule has 0 saturated carbocycles. The van der Waals surface area contributed by atoms with Crippen molar-refractivity contribution in [3.8, 4) is 5.75 Å². The molecule has 0 spiro atoms. The van der Waals surface area contributed by atoms with Crippen LogP contribution in [0.5, 0.6) is 5.75 Å². The Kier molecular flexibility index (Phi) is 6.99. The van der Waals surface area contributed by atoms with Crippen molar-refractivity contribution in [3.63, 3.8) is 0 Å². The highest BCUT2D eigenvalue weighted by Gasteiger charge is 2.14. The number of nitrogens with one attached hydrogen (secondary N) is 1. The number of rotatable bonds is 8. The molecule has 0 aliphatic carbocycles. The van der Waals surface area contributed by atoms with Crippen LogP contribution in [0.2, 0.25) is 0 Å². The number of hydrogen-bond acceptors (Lipinski definition) is 4. The summed E-state index contributed by atoms with van der Waals surface area (Å²) < 4.78 is 16.3. The monoisotopic (exact) mass is 281 g/mol. The lowest BCUT2D eigenvalue weighted by Gasteiger charge is -2.25. The van der Waals surface area contributed by atoms with Gasteiger partial charge < -0.3 is 19.5 Å². The maximum absolute atomic E-state index is 5.92. The zero-order valence-electron chi connectivity index (χ0n) is 13.2. The molecule has 1 N–H and O–H groups in total. The third-order valence-electron chi connectivity index (χ3n) is 2.83. The molecule has 0 amide bonds. The third-order valence-corrected chi connectivity index (χ3v) is 2.83. The van der Waals surface area contributed by atoms with Crippen LogP contribution in [-0.4, -0.2) is 39.0 Å². The Labute approximate surface area is 122 Å². The van der Waals surface area contributed by atoms with E-state index in [1.54, 1.807) is 14.2 Å². The van der Waals surface area contributed by atoms with Crippen LogP contribution in [0.1, 0.15) is 26.3 Å². The van der Waals surface area contributed by atoms with Crippen LogP contribution in [0.3, 0.4) is 0 Å². The summed E-state index contributed by atoms with van der Waals surface area (Å²) in [6.45, 7) is 8.31. The number of hydrogen-bond donors (Lipinski definition) is 1. The Bertz CT molecular complexity index is 388. The predicted molar refractivity (Wildman–Crippen MR) is 81.2 cm³/mol. The number of methoxy groups -OCH3 is 2. The number of ether oxygens (including phenoxy) is 3. The van der Waals surface area contributed by atoms with Crippen molar-refractivity contribution < 1.29 is 14.2 Å². The van der Waals surface area contributed by atoms with Gasteiger partial charge in [-0.3, -0.25) is 0 Å². The standard InChI is InChI=1S/C16H27NO3/c1-16(2,3)17-10-15(12-18-4)20-11-13-7-6-8-14(9-13)19-5/h6-9,15,17H,10-12H2,1-5H3. The van der Waals surface area contributed by atoms with E-state index in [2.05, 4.69) is 26.1 Å². The van der Waals surface area contributed by atoms with Gasteiger partial charge in [-0.2, -0.15) is 0 Å². The smallest absolute Gasteiger partial charge is 0.119 e. The van der Waals surface area contributed by atoms with Crippen LogP contribution >= 0.6 is 0 Å². The number of benzene rings is 1. The first-order chi connectivity index (χ1) is 9.44. The molecule has 1 rings (SSSR count). The highest BCUT2D eigenvalue weighted by Crippen LogP contribution is 2.14. The lowest BCUT2D eigenvalue weighted by atomic mass is 10.1. The van der Waals surface area contributed by atoms with Crippen LogP contribution in [0, 0.1) is 0 Å². The average Bonchev–Trinajstić information content (AvgIpc) is 2.41. The van der Waals surface area contributed by atoms with Gasteiger partial charge in [0, 0.05) is 19.2 Å². The highest BCUT2D eigenvalue weighted by atomic mass is 16.5. The lowest BCUT2D eigenvalue weighted by molar-refractivity contribution is -0.0129. The van der Waals surface area contributed by atoms with E-state index in [9.17, 15) is 0 Å². The van der Waals surface area contributed by atoms with E-state index in [1.165, 1.54) is 0 Å². The molecule has 0 heterocycles. The van der Waals surface area contributed by atoms with E-state index in [-0.39, 0.29) is 11.6 Å². The van der Waals surface area contributed by atoms with Gasteiger partial charge in [0.25, 0.3) is 0 Å². The zero-order chi connectivity index (χ0) is 15.0. The topological polar surface area (TPSA) is 39.7 Å². The lowest BCUT2D eigenvalue weighted by Crippen LogP contribution is -2.43. The van der Waals surface area contributed by atoms with Gasteiger partial charge in [0.05, 0.1) is 26.4 Å². The molecule has 0 saturated heterocycles. The molecule has 4 nitrogen and oxygen atoms in total. The van der Waals surface area contributed by atoms with Gasteiger partial charge in [-0.15, -0.1) is 0 Å². The molecule has 114 valence electrons. The first-order valence-electron chi connectivity index (χ1n) is 6.93. The zero-order valence-corrected chi connectivity index (χ0v) is 13.2. The molecule has 1 atom stereocenters. The van der Waals surface area contributed by atoms with Crippen molar-refractivity contribution in [1.29, 1.82) is 0 Å². The van der Waals surface area contributed by atoms with E-state index in [4.69, 9.17) is 14.2 Å². The molecular weight excluding hydrogens is 254 g/mol. The maximum atomic E-state index is 5.92. The first kappa shape index (κ1) is 17.0. The minimum Gasteiger partial charge on any atom is -0.497 e. The summed E-state index contributed by atoms with van der Waals surface area (Å²) in [5.74, 6) is 0.849. The molecule has 0 aliphatic rings. The minimum atomic E-state index is 0.0328. The van der Waals surface area contributed by atoms with E-state index in [0.717, 1.165) is 17.9 Å². The summed E-state index contributed by atoms with van der Waals surface area (Å²) in [4.78, 5) is 0. The van der Waals surface area contributed by atoms with Crippen molar-refractivity contribution in [1.82, 2.24) is 5.32 Å². The largest absolute Gasteiger partial charge is 0.497 e. The van der Waals surface area contributed by atoms with Crippen molar-refractivity contribution in [2.45, 2.75) is 39.0 Å². The minimum absolute atomic E-state index is 0.0328. The molecule has 0 fully saturated rings. The van der Waals surface area contributed by atoms with Crippen LogP contribution in [0.4, 0.5) is 0 Å². The third kappa shape index (κ3) is 6.89. The second-order valence-corrected chi connectivity index (χ2v) is 5.87. The summed E-state index contributed by atoms with van der Waals surface area (Å²) in [7, 11) is 3.36. The molecule has 0 aliphatic heterocycles. The molecule has 20 heavy (non-hydrogen) atoms. The Balaban J connectivity index is 2.48. The van der Waals surface area contributed by atoms with E-state index in [1.807, 2.05) is 24.3 Å². The maximum Gasteiger partial charge on any atom is 0.119 e. The summed E-state index contributed by atoms with van der Waals surface area (Å²) >= 11 is 0. The Morgan fingerprint density at radius 2 is 1.95 bits per heavy atom. The van der Waals surface area contributed by atoms with Gasteiger partial charge in [-0.05, 0) is 38.5 Å². The molecule has 0 aromatic heterocycles. The van der Waals surface area contributed by atoms with Gasteiger partial charge in [0.15, 0.2) is 0 Å². The van der Waals surface area contributed by atoms with Gasteiger partial charge in [-0.1, -0.05) is 12.1 Å². The fourth-order valence-electron chi connectivity index (χ4n) is 1.75. The van der Waals surface area contributed by atoms with Crippen LogP contribution < -0.4 is 10.1 Å². The molecule has 1 unspecified atom stereocenters.